The summed E-state index contributed by atoms with van der Waals surface area (Å²) in [7, 11) is 3.85. The van der Waals surface area contributed by atoms with Gasteiger partial charge in [-0.3, -0.25) is 9.59 Å². The molecule has 0 aromatic rings. The summed E-state index contributed by atoms with van der Waals surface area (Å²) in [6.45, 7) is 61.1. The second-order valence-electron chi connectivity index (χ2n) is 65.3. The summed E-state index contributed by atoms with van der Waals surface area (Å²) in [5, 5.41) is 83.2. The minimum atomic E-state index is -0.451. The van der Waals surface area contributed by atoms with Crippen LogP contribution < -0.4 is 0 Å². The van der Waals surface area contributed by atoms with Gasteiger partial charge in [-0.1, -0.05) is 125 Å². The molecule has 0 aromatic heterocycles. The van der Waals surface area contributed by atoms with Gasteiger partial charge in [0.25, 0.3) is 0 Å². The van der Waals surface area contributed by atoms with E-state index in [0.29, 0.717) is 103 Å². The first kappa shape index (κ1) is 112. The third-order valence-electron chi connectivity index (χ3n) is 57.6. The van der Waals surface area contributed by atoms with Gasteiger partial charge in [0.15, 0.2) is 0 Å². The van der Waals surface area contributed by atoms with Crippen molar-refractivity contribution < 1.29 is 49.7 Å². The molecule has 24 saturated carbocycles. The molecule has 12 heteroatoms. The predicted octanol–water partition coefficient (Wildman–Crippen LogP) is 30.9. The molecule has 828 valence electrons. The number of carbonyl (C=O) groups is 2. The minimum Gasteiger partial charge on any atom is -0.390 e. The van der Waals surface area contributed by atoms with Gasteiger partial charge in [-0.2, -0.15) is 10.5 Å². The lowest BCUT2D eigenvalue weighted by Crippen LogP contribution is -2.58. The van der Waals surface area contributed by atoms with E-state index in [1.54, 1.807) is 0 Å². The lowest BCUT2D eigenvalue weighted by atomic mass is 9.42. The van der Waals surface area contributed by atoms with E-state index in [9.17, 15) is 50.8 Å². The molecule has 0 radical (unpaired) electrons. The molecule has 0 aliphatic heterocycles. The van der Waals surface area contributed by atoms with Crippen LogP contribution in [0.25, 0.3) is 0 Å². The van der Waals surface area contributed by atoms with Gasteiger partial charge in [0.05, 0.1) is 69.8 Å². The van der Waals surface area contributed by atoms with Gasteiger partial charge in [0.2, 0.25) is 0 Å². The van der Waals surface area contributed by atoms with Crippen molar-refractivity contribution >= 4 is 11.6 Å². The summed E-state index contributed by atoms with van der Waals surface area (Å²) in [5.41, 5.74) is 1.83. The van der Waals surface area contributed by atoms with Crippen LogP contribution in [0.1, 0.15) is 488 Å². The Balaban J connectivity index is 0.000000111. The summed E-state index contributed by atoms with van der Waals surface area (Å²) in [6, 6.07) is 5.32. The predicted molar refractivity (Wildman–Crippen MR) is 590 cm³/mol. The largest absolute Gasteiger partial charge is 0.390 e. The van der Waals surface area contributed by atoms with Gasteiger partial charge in [0, 0.05) is 26.1 Å². The van der Waals surface area contributed by atoms with Gasteiger partial charge in [-0.05, 0) is 606 Å². The summed E-state index contributed by atoms with van der Waals surface area (Å²) in [6.07, 6.45) is 58.5. The Hall–Kier alpha value is -2.00. The SMILES string of the molecule is CC(=O)[C@H]1CC[C@H]2[C@@H]3[C@@H](C)C[C@H]4C[C@](C)(O)CC[C@]4(C)[C@H]3CC[C@]12C.CC(=O)[C@H]1CC[C@H]2[C@@H]3[C@H](C)C[C@H]4C[C@](C)(O)CC[C@]4(C)[C@H]3CC[C@]12C.CO[C@H]1CC[C@H]2[C@@H]3[C@@H](C)C[C@H]4C[C@](C)(O)CC[C@]4(C)[C@H]3CC[C@]12C.CO[C@H]1CC[C@H]2[C@@H]3[C@H](C)C[C@H]4C[C@](C)(O)CC[C@]4(C)[C@H]3CC[C@]12C.C[C@@H]1C[C@H]2C[C@](C)(O)CC[C@]2(C)[C@H]2CC[C@]3(C)[C@@H](C#N)CC[C@H]3[C@H]12.C[C@H]1C[C@H]2C[C@](C)(O)CC[C@]2(C)[C@H]2CC[C@]3(C)[C@@H](C#N)CC[C@H]3[C@H]12. The molecule has 12 nitrogen and oxygen atoms in total. The van der Waals surface area contributed by atoms with Crippen molar-refractivity contribution in [1.29, 1.82) is 10.5 Å². The maximum atomic E-state index is 12.3. The number of fused-ring (bicyclic) bond motifs is 30. The number of nitriles is 2. The Morgan fingerprint density at radius 1 is 0.226 bits per heavy atom. The van der Waals surface area contributed by atoms with Gasteiger partial charge in [-0.25, -0.2) is 0 Å². The zero-order valence-electron chi connectivity index (χ0n) is 98.9. The third-order valence-corrected chi connectivity index (χ3v) is 57.6. The molecule has 24 aliphatic carbocycles. The lowest BCUT2D eigenvalue weighted by molar-refractivity contribution is -0.170. The van der Waals surface area contributed by atoms with E-state index in [2.05, 4.69) is 178 Å². The van der Waals surface area contributed by atoms with Crippen molar-refractivity contribution in [3.05, 3.63) is 0 Å². The van der Waals surface area contributed by atoms with E-state index in [-0.39, 0.29) is 33.5 Å². The summed E-state index contributed by atoms with van der Waals surface area (Å²) in [4.78, 5) is 24.6. The number of hydrogen-bond acceptors (Lipinski definition) is 12. The van der Waals surface area contributed by atoms with Crippen molar-refractivity contribution in [2.45, 2.75) is 534 Å². The molecule has 146 heavy (non-hydrogen) atoms. The average molecular weight is 2020 g/mol. The normalized spacial score (nSPS) is 59.4. The second kappa shape index (κ2) is 39.0. The first-order chi connectivity index (χ1) is 68.0. The number of ketones is 2. The molecule has 0 bridgehead atoms. The van der Waals surface area contributed by atoms with Crippen LogP contribution in [0.15, 0.2) is 0 Å². The highest BCUT2D eigenvalue weighted by atomic mass is 16.5. The lowest BCUT2D eigenvalue weighted by Gasteiger charge is -2.63. The highest BCUT2D eigenvalue weighted by molar-refractivity contribution is 5.80. The molecule has 0 unspecified atom stereocenters. The minimum absolute atomic E-state index is 0.255. The van der Waals surface area contributed by atoms with E-state index >= 15 is 0 Å². The maximum absolute atomic E-state index is 12.3. The molecule has 0 spiro atoms. The van der Waals surface area contributed by atoms with Crippen LogP contribution in [0.5, 0.6) is 0 Å². The maximum Gasteiger partial charge on any atom is 0.133 e. The first-order valence-electron chi connectivity index (χ1n) is 63.2. The van der Waals surface area contributed by atoms with Crippen LogP contribution in [-0.2, 0) is 19.1 Å². The first-order valence-corrected chi connectivity index (χ1v) is 63.2. The number of rotatable bonds is 4. The molecule has 24 aliphatic rings. The Bertz CT molecular complexity index is 4470. The standard InChI is InChI=1S/2C23H38O2.2C22H35NO.2C22H38O2/c2*1-14-12-16-13-21(3,25)10-11-22(16,4)19-8-9-23(5)17(15(2)24)6-7-18(23)20(14)19;2*1-14-11-16-12-20(2,24)9-10-22(16,4)18-7-8-21(3)15(13-23)5-6-17(21)19(14)18;2*1-14-12-15-13-20(2,23)10-11-21(15,3)17-8-9-22(4)16(19(14)17)6-7-18(22)24-5/h2*14,16-20,25H,6-13H2,1-5H3;2*14-19,24H,5-12H2,1-4H3;2*14-19,23H,6-13H2,1-5H3/t14-,16+,17-,18+,19+,20+,21-,22+,23-;14-,16-,17+,18-,19-,20-,21+,22-,23+;14-,15+,16-,17-,18-,19-,20+,21+,22-;14-,15-,16+,17+,18+,19+,20-,21-,22+;14-,15+,16+,17+,18+,19+,20-,21+,22+;14-,15-,16-,17-,18-,19-,20+,21-,22-/m100110/s1. The van der Waals surface area contributed by atoms with Crippen molar-refractivity contribution in [3.63, 3.8) is 0 Å². The quantitative estimate of drug-likeness (QED) is 0.155. The van der Waals surface area contributed by atoms with Crippen LogP contribution in [0.3, 0.4) is 0 Å². The number of ether oxygens (including phenoxy) is 2. The number of aliphatic hydroxyl groups is 6. The van der Waals surface area contributed by atoms with Gasteiger partial charge >= 0.3 is 0 Å². The van der Waals surface area contributed by atoms with E-state index in [4.69, 9.17) is 9.47 Å². The fourth-order valence-corrected chi connectivity index (χ4v) is 49.3. The molecule has 24 rings (SSSR count). The fourth-order valence-electron chi connectivity index (χ4n) is 49.3. The van der Waals surface area contributed by atoms with E-state index in [1.165, 1.54) is 205 Å². The van der Waals surface area contributed by atoms with E-state index in [0.717, 1.165) is 257 Å². The van der Waals surface area contributed by atoms with Crippen LogP contribution >= 0.6 is 0 Å². The van der Waals surface area contributed by atoms with Crippen LogP contribution in [0.4, 0.5) is 0 Å². The number of nitrogens with zero attached hydrogens (tertiary/aromatic N) is 2. The van der Waals surface area contributed by atoms with Crippen LogP contribution in [0.2, 0.25) is 0 Å². The van der Waals surface area contributed by atoms with Crippen molar-refractivity contribution in [2.75, 3.05) is 14.2 Å². The smallest absolute Gasteiger partial charge is 0.133 e. The topological polar surface area (TPSA) is 222 Å². The molecule has 0 heterocycles. The van der Waals surface area contributed by atoms with Crippen LogP contribution in [0, 0.1) is 289 Å². The molecule has 0 aromatic carbocycles. The van der Waals surface area contributed by atoms with E-state index in [1.807, 2.05) is 28.1 Å². The molecule has 0 amide bonds. The third kappa shape index (κ3) is 18.4. The summed E-state index contributed by atoms with van der Waals surface area (Å²) >= 11 is 0. The van der Waals surface area contributed by atoms with Crippen molar-refractivity contribution in [3.8, 4) is 12.1 Å². The summed E-state index contributed by atoms with van der Waals surface area (Å²) in [5.74, 6) is 25.6. The number of Topliss-reactive ketones (excluding diaryl/α,β-unsaturated/α-hetero) is 2. The highest BCUT2D eigenvalue weighted by Gasteiger charge is 2.72. The van der Waals surface area contributed by atoms with E-state index < -0.39 is 33.6 Å². The molecule has 54 atom stereocenters. The molecular weight excluding hydrogens is 1800 g/mol. The molecular formula is C134H222N2O10. The van der Waals surface area contributed by atoms with Crippen LogP contribution in [-0.4, -0.2) is 102 Å². The van der Waals surface area contributed by atoms with Gasteiger partial charge in [-0.15, -0.1) is 0 Å². The Morgan fingerprint density at radius 3 is 0.596 bits per heavy atom. The molecule has 24 fully saturated rings. The zero-order chi connectivity index (χ0) is 106. The Morgan fingerprint density at radius 2 is 0.397 bits per heavy atom. The Kier molecular flexibility index (Phi) is 30.0. The molecule has 0 saturated heterocycles. The molecule has 6 N–H and O–H groups in total. The number of carbonyl (C=O) groups excluding carboxylic acids is 2. The average Bonchev–Trinajstić information content (AvgIpc) is 1.32. The fraction of sp³-hybridized carbons (Fsp3) is 0.970. The number of hydrogen-bond donors (Lipinski definition) is 6. The summed E-state index contributed by atoms with van der Waals surface area (Å²) < 4.78 is 11.8. The number of methoxy groups -OCH3 is 2. The zero-order valence-corrected chi connectivity index (χ0v) is 98.9. The Labute approximate surface area is 892 Å². The second-order valence-corrected chi connectivity index (χ2v) is 65.3. The van der Waals surface area contributed by atoms with Gasteiger partial charge < -0.3 is 40.1 Å². The monoisotopic (exact) mass is 2020 g/mol. The van der Waals surface area contributed by atoms with Crippen molar-refractivity contribution in [2.24, 2.45) is 266 Å². The van der Waals surface area contributed by atoms with Crippen molar-refractivity contribution in [1.82, 2.24) is 0 Å². The highest BCUT2D eigenvalue weighted by Crippen LogP contribution is 2.78. The van der Waals surface area contributed by atoms with Gasteiger partial charge in [0.1, 0.15) is 11.6 Å².